The molecule has 3 aromatic rings. The Morgan fingerprint density at radius 2 is 1.81 bits per heavy atom. The lowest BCUT2D eigenvalue weighted by Crippen LogP contribution is -2.20. The molecule has 0 bridgehead atoms. The summed E-state index contributed by atoms with van der Waals surface area (Å²) in [6.07, 6.45) is -6.41. The number of aliphatic hydroxyl groups excluding tert-OH is 1. The number of amides is 1. The van der Waals surface area contributed by atoms with E-state index in [2.05, 4.69) is 25.4 Å². The molecular weight excluding hydrogens is 443 g/mol. The number of nitrogens with one attached hydrogen (secondary N) is 1. The number of aromatic nitrogens is 5. The Morgan fingerprint density at radius 3 is 2.44 bits per heavy atom. The Balaban J connectivity index is 1.77. The topological polar surface area (TPSA) is 115 Å². The molecule has 9 nitrogen and oxygen atoms in total. The maximum Gasteiger partial charge on any atom is 0.418 e. The first-order valence-corrected chi connectivity index (χ1v) is 8.85. The van der Waals surface area contributed by atoms with E-state index in [1.807, 2.05) is 0 Å². The molecule has 2 N–H and O–H groups in total. The molecule has 3 heterocycles. The van der Waals surface area contributed by atoms with Crippen molar-refractivity contribution in [2.24, 2.45) is 7.05 Å². The van der Waals surface area contributed by atoms with Gasteiger partial charge in [0.15, 0.2) is 11.9 Å². The number of carbonyl (C=O) groups is 1. The molecule has 0 saturated heterocycles. The molecule has 0 spiro atoms. The lowest BCUT2D eigenvalue weighted by atomic mass is 10.2. The first kappa shape index (κ1) is 23.0. The number of alkyl halides is 3. The van der Waals surface area contributed by atoms with E-state index in [1.54, 1.807) is 0 Å². The summed E-state index contributed by atoms with van der Waals surface area (Å²) in [6.45, 7) is 1.30. The third kappa shape index (κ3) is 4.96. The van der Waals surface area contributed by atoms with Crippen molar-refractivity contribution >= 4 is 11.9 Å². The van der Waals surface area contributed by atoms with Crippen molar-refractivity contribution in [1.82, 2.24) is 24.7 Å². The molecule has 0 aliphatic rings. The molecule has 3 rings (SSSR count). The lowest BCUT2D eigenvalue weighted by molar-refractivity contribution is -0.206. The van der Waals surface area contributed by atoms with E-state index in [0.717, 1.165) is 18.5 Å². The molecular formula is C18H15F5N6O3. The van der Waals surface area contributed by atoms with Crippen molar-refractivity contribution in [2.45, 2.75) is 25.3 Å². The van der Waals surface area contributed by atoms with Crippen LogP contribution < -0.4 is 5.32 Å². The van der Waals surface area contributed by atoms with E-state index < -0.39 is 41.8 Å². The molecule has 3 aromatic heterocycles. The molecule has 32 heavy (non-hydrogen) atoms. The van der Waals surface area contributed by atoms with E-state index in [-0.39, 0.29) is 22.8 Å². The Labute approximate surface area is 176 Å². The van der Waals surface area contributed by atoms with Gasteiger partial charge < -0.3 is 9.84 Å². The van der Waals surface area contributed by atoms with Crippen LogP contribution in [0.5, 0.6) is 0 Å². The Kier molecular flexibility index (Phi) is 6.34. The number of anilines is 1. The molecule has 0 radical (unpaired) electrons. The number of pyridine rings is 1. The Hall–Kier alpha value is -3.68. The van der Waals surface area contributed by atoms with Crippen LogP contribution in [0.15, 0.2) is 30.9 Å². The molecule has 0 aliphatic carbocycles. The minimum absolute atomic E-state index is 0.0177. The first-order chi connectivity index (χ1) is 15.0. The summed E-state index contributed by atoms with van der Waals surface area (Å²) in [7, 11) is 1.44. The van der Waals surface area contributed by atoms with E-state index in [1.165, 1.54) is 24.9 Å². The predicted octanol–water partition coefficient (Wildman–Crippen LogP) is 3.46. The zero-order valence-corrected chi connectivity index (χ0v) is 16.4. The number of carbonyl (C=O) groups excluding carboxylic acids is 1. The van der Waals surface area contributed by atoms with Crippen molar-refractivity contribution in [2.75, 3.05) is 5.32 Å². The predicted molar refractivity (Wildman–Crippen MR) is 97.9 cm³/mol. The normalized spacial score (nSPS) is 13.5. The van der Waals surface area contributed by atoms with Crippen LogP contribution in [0.2, 0.25) is 0 Å². The van der Waals surface area contributed by atoms with Crippen molar-refractivity contribution in [3.05, 3.63) is 53.7 Å². The number of ether oxygens (including phenoxy) is 1. The van der Waals surface area contributed by atoms with Gasteiger partial charge in [-0.05, 0) is 13.0 Å². The van der Waals surface area contributed by atoms with Gasteiger partial charge in [-0.2, -0.15) is 22.7 Å². The molecule has 1 unspecified atom stereocenters. The zero-order valence-electron chi connectivity index (χ0n) is 16.4. The molecule has 0 aromatic carbocycles. The van der Waals surface area contributed by atoms with Crippen molar-refractivity contribution in [3.8, 4) is 11.4 Å². The first-order valence-electron chi connectivity index (χ1n) is 8.85. The molecule has 14 heteroatoms. The lowest BCUT2D eigenvalue weighted by Gasteiger charge is -2.15. The number of halogens is 5. The van der Waals surface area contributed by atoms with Crippen LogP contribution >= 0.6 is 0 Å². The van der Waals surface area contributed by atoms with Gasteiger partial charge in [0.2, 0.25) is 5.95 Å². The summed E-state index contributed by atoms with van der Waals surface area (Å²) in [5, 5.41) is 15.5. The van der Waals surface area contributed by atoms with Crippen LogP contribution in [-0.2, 0) is 11.8 Å². The summed E-state index contributed by atoms with van der Waals surface area (Å²) in [6, 6.07) is 0.834. The van der Waals surface area contributed by atoms with Gasteiger partial charge in [0.05, 0.1) is 23.5 Å². The quantitative estimate of drug-likeness (QED) is 0.445. The van der Waals surface area contributed by atoms with Gasteiger partial charge in [0.1, 0.15) is 17.7 Å². The van der Waals surface area contributed by atoms with Gasteiger partial charge in [-0.1, -0.05) is 0 Å². The second-order valence-corrected chi connectivity index (χ2v) is 6.52. The van der Waals surface area contributed by atoms with Crippen LogP contribution in [-0.4, -0.2) is 42.1 Å². The van der Waals surface area contributed by atoms with Gasteiger partial charge in [0.25, 0.3) is 0 Å². The van der Waals surface area contributed by atoms with Crippen LogP contribution in [0.3, 0.4) is 0 Å². The largest absolute Gasteiger partial charge is 0.441 e. The van der Waals surface area contributed by atoms with E-state index in [0.29, 0.717) is 6.20 Å². The van der Waals surface area contributed by atoms with Crippen molar-refractivity contribution in [1.29, 1.82) is 0 Å². The fourth-order valence-electron chi connectivity index (χ4n) is 2.63. The fourth-order valence-corrected chi connectivity index (χ4v) is 2.63. The monoisotopic (exact) mass is 458 g/mol. The van der Waals surface area contributed by atoms with Crippen molar-refractivity contribution in [3.63, 3.8) is 0 Å². The Morgan fingerprint density at radius 1 is 1.16 bits per heavy atom. The molecule has 0 saturated carbocycles. The van der Waals surface area contributed by atoms with Gasteiger partial charge in [-0.15, -0.1) is 0 Å². The van der Waals surface area contributed by atoms with E-state index >= 15 is 0 Å². The number of hydrogen-bond acceptors (Lipinski definition) is 7. The highest BCUT2D eigenvalue weighted by Gasteiger charge is 2.39. The number of aryl methyl sites for hydroxylation is 1. The second kappa shape index (κ2) is 8.82. The minimum atomic E-state index is -4.89. The summed E-state index contributed by atoms with van der Waals surface area (Å²) >= 11 is 0. The number of nitrogens with zero attached hydrogens (tertiary/aromatic N) is 5. The van der Waals surface area contributed by atoms with Crippen LogP contribution in [0.4, 0.5) is 32.6 Å². The van der Waals surface area contributed by atoms with E-state index in [9.17, 15) is 31.9 Å². The van der Waals surface area contributed by atoms with Crippen molar-refractivity contribution < 1.29 is 36.6 Å². The molecule has 1 amide bonds. The number of rotatable bonds is 5. The molecule has 0 aliphatic heterocycles. The number of hydrogen-bond donors (Lipinski definition) is 2. The summed E-state index contributed by atoms with van der Waals surface area (Å²) < 4.78 is 71.1. The SMILES string of the molecule is C[C@@H](OC(=O)Nc1c(-c2ncc(C(O)C(F)(F)F)cn2)cnn1C)c1cc(F)cnc1F. The minimum Gasteiger partial charge on any atom is -0.441 e. The fraction of sp³-hybridized carbons (Fsp3) is 0.278. The van der Waals surface area contributed by atoms with Crippen LogP contribution in [0.1, 0.15) is 30.3 Å². The van der Waals surface area contributed by atoms with Crippen LogP contribution in [0.25, 0.3) is 11.4 Å². The van der Waals surface area contributed by atoms with E-state index in [4.69, 9.17) is 4.74 Å². The summed E-state index contributed by atoms with van der Waals surface area (Å²) in [5.41, 5.74) is -0.727. The highest BCUT2D eigenvalue weighted by molar-refractivity contribution is 5.88. The maximum absolute atomic E-state index is 13.8. The maximum atomic E-state index is 13.8. The summed E-state index contributed by atoms with van der Waals surface area (Å²) in [5.74, 6) is -1.91. The van der Waals surface area contributed by atoms with Gasteiger partial charge in [0, 0.05) is 25.0 Å². The molecule has 170 valence electrons. The summed E-state index contributed by atoms with van der Waals surface area (Å²) in [4.78, 5) is 23.0. The standard InChI is InChI=1S/C18H15F5N6O3/c1-8(11-3-10(19)6-24-14(11)20)32-17(31)28-16-12(7-27-29(16)2)15-25-4-9(5-26-15)13(30)18(21,22)23/h3-8,13,30H,1-2H3,(H,28,31)/t8-,13?/m1/s1. The third-order valence-corrected chi connectivity index (χ3v) is 4.25. The Bertz CT molecular complexity index is 1120. The number of aliphatic hydroxyl groups is 1. The van der Waals surface area contributed by atoms with Gasteiger partial charge in [-0.25, -0.2) is 24.1 Å². The second-order valence-electron chi connectivity index (χ2n) is 6.52. The molecule has 0 fully saturated rings. The average molecular weight is 458 g/mol. The zero-order chi connectivity index (χ0) is 23.6. The molecule has 2 atom stereocenters. The van der Waals surface area contributed by atoms with Gasteiger partial charge in [-0.3, -0.25) is 10.00 Å². The highest BCUT2D eigenvalue weighted by atomic mass is 19.4. The highest BCUT2D eigenvalue weighted by Crippen LogP contribution is 2.32. The third-order valence-electron chi connectivity index (χ3n) is 4.25. The van der Waals surface area contributed by atoms with Gasteiger partial charge >= 0.3 is 12.3 Å². The average Bonchev–Trinajstić information content (AvgIpc) is 3.08. The van der Waals surface area contributed by atoms with Crippen LogP contribution in [0, 0.1) is 11.8 Å². The smallest absolute Gasteiger partial charge is 0.418 e.